The average molecular weight is 555 g/mol. The van der Waals surface area contributed by atoms with Crippen molar-refractivity contribution in [3.8, 4) is 17.0 Å². The summed E-state index contributed by atoms with van der Waals surface area (Å²) in [5.74, 6) is 1.12. The fraction of sp³-hybridized carbons (Fsp3) is 0.375. The third-order valence-corrected chi connectivity index (χ3v) is 7.83. The number of imidazole rings is 1. The average Bonchev–Trinajstić information content (AvgIpc) is 3.33. The molecule has 1 fully saturated rings. The molecule has 0 bridgehead atoms. The van der Waals surface area contributed by atoms with Crippen molar-refractivity contribution in [1.29, 1.82) is 0 Å². The zero-order valence-electron chi connectivity index (χ0n) is 23.7. The minimum Gasteiger partial charge on any atom is -0.493 e. The third-order valence-electron chi connectivity index (χ3n) is 7.83. The lowest BCUT2D eigenvalue weighted by molar-refractivity contribution is -0.132. The number of rotatable bonds is 9. The zero-order valence-corrected chi connectivity index (χ0v) is 23.7. The first-order valence-corrected chi connectivity index (χ1v) is 14.3. The van der Waals surface area contributed by atoms with Gasteiger partial charge in [0.2, 0.25) is 17.7 Å². The Morgan fingerprint density at radius 3 is 2.63 bits per heavy atom. The summed E-state index contributed by atoms with van der Waals surface area (Å²) in [4.78, 5) is 35.8. The summed E-state index contributed by atoms with van der Waals surface area (Å²) in [6, 6.07) is 17.3. The Labute approximate surface area is 240 Å². The van der Waals surface area contributed by atoms with Gasteiger partial charge in [-0.2, -0.15) is 0 Å². The fourth-order valence-electron chi connectivity index (χ4n) is 5.73. The monoisotopic (exact) mass is 554 g/mol. The first kappa shape index (κ1) is 28.3. The molecule has 3 heterocycles. The van der Waals surface area contributed by atoms with Gasteiger partial charge in [0.05, 0.1) is 11.0 Å². The van der Waals surface area contributed by atoms with Gasteiger partial charge in [-0.1, -0.05) is 36.4 Å². The number of likely N-dealkylation sites (tertiary alicyclic amines) is 1. The van der Waals surface area contributed by atoms with Crippen LogP contribution in [-0.2, 0) is 22.6 Å². The Hall–Kier alpha value is -4.24. The van der Waals surface area contributed by atoms with Crippen LogP contribution < -0.4 is 11.1 Å². The lowest BCUT2D eigenvalue weighted by atomic mass is 9.95. The standard InChI is InChI=1S/C32H38N6O3/c1-21-5-3-7-28-31(21)36-32(38(28)16-14-34-22(2)39)26-6-4-15-37(20-26)30(41)18-27(33)17-23-8-10-24(11-9-23)25-12-13-29(40)35-19-25/h3,5,7-13,19,26-27H,4,6,14-18,20,33H2,1-2H3,(H,34,39)(H,35,40)/t26-,27-/m1/s1. The highest BCUT2D eigenvalue weighted by Gasteiger charge is 2.29. The van der Waals surface area contributed by atoms with E-state index in [4.69, 9.17) is 10.7 Å². The maximum Gasteiger partial charge on any atom is 0.224 e. The van der Waals surface area contributed by atoms with Gasteiger partial charge in [-0.3, -0.25) is 9.59 Å². The third kappa shape index (κ3) is 6.74. The van der Waals surface area contributed by atoms with Gasteiger partial charge in [0.15, 0.2) is 0 Å². The summed E-state index contributed by atoms with van der Waals surface area (Å²) < 4.78 is 2.21. The molecule has 4 N–H and O–H groups in total. The molecule has 9 nitrogen and oxygen atoms in total. The SMILES string of the molecule is CC(=O)NCCn1c([C@@H]2CCCN(C(=O)C[C@H](N)Cc3ccc(-c4ccc(O)nc4)cc3)C2)nc2c(C)cccc21. The van der Waals surface area contributed by atoms with E-state index in [0.29, 0.717) is 26.1 Å². The molecule has 41 heavy (non-hydrogen) atoms. The maximum absolute atomic E-state index is 13.3. The predicted octanol–water partition coefficient (Wildman–Crippen LogP) is 3.91. The highest BCUT2D eigenvalue weighted by Crippen LogP contribution is 2.31. The van der Waals surface area contributed by atoms with Crippen molar-refractivity contribution in [3.63, 3.8) is 0 Å². The number of piperidine rings is 1. The van der Waals surface area contributed by atoms with Crippen molar-refractivity contribution in [3.05, 3.63) is 77.7 Å². The van der Waals surface area contributed by atoms with Crippen LogP contribution in [0.25, 0.3) is 22.2 Å². The summed E-state index contributed by atoms with van der Waals surface area (Å²) in [6.45, 7) is 6.08. The predicted molar refractivity (Wildman–Crippen MR) is 159 cm³/mol. The van der Waals surface area contributed by atoms with Crippen molar-refractivity contribution < 1.29 is 14.7 Å². The molecule has 1 aliphatic heterocycles. The maximum atomic E-state index is 13.3. The summed E-state index contributed by atoms with van der Waals surface area (Å²) in [6.07, 6.45) is 4.40. The number of carbonyl (C=O) groups is 2. The Bertz CT molecular complexity index is 1510. The van der Waals surface area contributed by atoms with Gasteiger partial charge < -0.3 is 25.6 Å². The van der Waals surface area contributed by atoms with Crippen LogP contribution in [0.15, 0.2) is 60.8 Å². The van der Waals surface area contributed by atoms with Gasteiger partial charge in [-0.05, 0) is 55.0 Å². The summed E-state index contributed by atoms with van der Waals surface area (Å²) >= 11 is 0. The number of para-hydroxylation sites is 1. The number of carbonyl (C=O) groups excluding carboxylic acids is 2. The largest absolute Gasteiger partial charge is 0.493 e. The van der Waals surface area contributed by atoms with Crippen LogP contribution in [-0.4, -0.2) is 62.0 Å². The van der Waals surface area contributed by atoms with Crippen molar-refractivity contribution in [1.82, 2.24) is 24.8 Å². The van der Waals surface area contributed by atoms with E-state index in [1.165, 1.54) is 6.92 Å². The molecule has 0 saturated carbocycles. The molecular weight excluding hydrogens is 516 g/mol. The van der Waals surface area contributed by atoms with E-state index in [-0.39, 0.29) is 36.1 Å². The number of nitrogens with one attached hydrogen (secondary N) is 1. The quantitative estimate of drug-likeness (QED) is 0.288. The van der Waals surface area contributed by atoms with Crippen LogP contribution in [0, 0.1) is 6.92 Å². The Morgan fingerprint density at radius 1 is 1.12 bits per heavy atom. The number of nitrogens with two attached hydrogens (primary N) is 1. The van der Waals surface area contributed by atoms with E-state index in [2.05, 4.69) is 33.9 Å². The molecule has 9 heteroatoms. The molecule has 4 aromatic rings. The number of aromatic hydroxyl groups is 1. The second-order valence-electron chi connectivity index (χ2n) is 11.0. The fourth-order valence-corrected chi connectivity index (χ4v) is 5.73. The van der Waals surface area contributed by atoms with Crippen LogP contribution in [0.2, 0.25) is 0 Å². The Morgan fingerprint density at radius 2 is 1.90 bits per heavy atom. The number of amides is 2. The molecule has 2 amide bonds. The number of pyridine rings is 1. The normalized spacial score (nSPS) is 16.1. The lowest BCUT2D eigenvalue weighted by Gasteiger charge is -2.33. The minimum atomic E-state index is -0.283. The number of aryl methyl sites for hydroxylation is 1. The van der Waals surface area contributed by atoms with Gasteiger partial charge in [-0.15, -0.1) is 0 Å². The summed E-state index contributed by atoms with van der Waals surface area (Å²) in [7, 11) is 0. The number of benzene rings is 2. The van der Waals surface area contributed by atoms with Gasteiger partial charge in [0.25, 0.3) is 0 Å². The smallest absolute Gasteiger partial charge is 0.224 e. The molecule has 1 aliphatic rings. The first-order valence-electron chi connectivity index (χ1n) is 14.3. The van der Waals surface area contributed by atoms with Crippen molar-refractivity contribution in [2.24, 2.45) is 5.73 Å². The van der Waals surface area contributed by atoms with Crippen molar-refractivity contribution in [2.45, 2.75) is 58.0 Å². The highest BCUT2D eigenvalue weighted by atomic mass is 16.3. The van der Waals surface area contributed by atoms with E-state index in [9.17, 15) is 14.7 Å². The van der Waals surface area contributed by atoms with E-state index in [1.807, 2.05) is 41.3 Å². The molecule has 214 valence electrons. The van der Waals surface area contributed by atoms with Crippen molar-refractivity contribution in [2.75, 3.05) is 19.6 Å². The van der Waals surface area contributed by atoms with Crippen LogP contribution in [0.5, 0.6) is 5.88 Å². The van der Waals surface area contributed by atoms with Gasteiger partial charge >= 0.3 is 0 Å². The van der Waals surface area contributed by atoms with Crippen LogP contribution in [0.3, 0.4) is 0 Å². The number of fused-ring (bicyclic) bond motifs is 1. The molecular formula is C32H38N6O3. The number of aromatic nitrogens is 3. The molecule has 0 spiro atoms. The summed E-state index contributed by atoms with van der Waals surface area (Å²) in [5, 5.41) is 12.3. The van der Waals surface area contributed by atoms with Gasteiger partial charge in [-0.25, -0.2) is 9.97 Å². The molecule has 0 aliphatic carbocycles. The first-order chi connectivity index (χ1) is 19.8. The van der Waals surface area contributed by atoms with Gasteiger partial charge in [0.1, 0.15) is 5.82 Å². The van der Waals surface area contributed by atoms with E-state index in [1.54, 1.807) is 12.3 Å². The topological polar surface area (TPSA) is 126 Å². The van der Waals surface area contributed by atoms with E-state index in [0.717, 1.165) is 58.5 Å². The zero-order chi connectivity index (χ0) is 28.9. The number of hydrogen-bond acceptors (Lipinski definition) is 6. The van der Waals surface area contributed by atoms with Crippen molar-refractivity contribution >= 4 is 22.8 Å². The minimum absolute atomic E-state index is 0.00301. The molecule has 1 saturated heterocycles. The molecule has 2 aromatic heterocycles. The highest BCUT2D eigenvalue weighted by molar-refractivity contribution is 5.80. The molecule has 0 unspecified atom stereocenters. The van der Waals surface area contributed by atoms with E-state index >= 15 is 0 Å². The van der Waals surface area contributed by atoms with Crippen LogP contribution in [0.4, 0.5) is 0 Å². The molecule has 0 radical (unpaired) electrons. The number of nitrogens with zero attached hydrogens (tertiary/aromatic N) is 4. The molecule has 2 atom stereocenters. The molecule has 5 rings (SSSR count). The lowest BCUT2D eigenvalue weighted by Crippen LogP contribution is -2.42. The molecule has 2 aromatic carbocycles. The van der Waals surface area contributed by atoms with Gasteiger partial charge in [0, 0.05) is 69.3 Å². The van der Waals surface area contributed by atoms with Crippen LogP contribution >= 0.6 is 0 Å². The Kier molecular flexibility index (Phi) is 8.64. The summed E-state index contributed by atoms with van der Waals surface area (Å²) in [5.41, 5.74) is 12.6. The van der Waals surface area contributed by atoms with Crippen LogP contribution in [0.1, 0.15) is 49.1 Å². The second kappa shape index (κ2) is 12.5. The second-order valence-corrected chi connectivity index (χ2v) is 11.0. The number of hydrogen-bond donors (Lipinski definition) is 3. The van der Waals surface area contributed by atoms with E-state index < -0.39 is 0 Å². The Balaban J connectivity index is 1.23.